The van der Waals surface area contributed by atoms with E-state index in [-0.39, 0.29) is 6.10 Å². The predicted molar refractivity (Wildman–Crippen MR) is 77.4 cm³/mol. The van der Waals surface area contributed by atoms with E-state index in [1.807, 2.05) is 0 Å². The molecular weight excluding hydrogens is 224 g/mol. The van der Waals surface area contributed by atoms with Gasteiger partial charge in [0.1, 0.15) is 8.07 Å². The summed E-state index contributed by atoms with van der Waals surface area (Å²) in [4.78, 5) is 0. The lowest BCUT2D eigenvalue weighted by Gasteiger charge is -2.17. The van der Waals surface area contributed by atoms with Gasteiger partial charge in [-0.1, -0.05) is 38.7 Å². The molecule has 0 saturated heterocycles. The summed E-state index contributed by atoms with van der Waals surface area (Å²) in [6.45, 7) is 8.97. The molecule has 0 aromatic heterocycles. The standard InChI is InChI=1S/C15H26OSi/c1-5-6-7-8-14-13(9-10-15(14)16)11-12-17(2,3)4/h6-7,13-16H,5,8-10H2,1-4H3/b7-6-/t13-,14+,15?/m1/s1. The molecule has 1 rings (SSSR count). The molecule has 0 radical (unpaired) electrons. The van der Waals surface area contributed by atoms with Crippen LogP contribution in [0.1, 0.15) is 32.6 Å². The van der Waals surface area contributed by atoms with Gasteiger partial charge in [-0.15, -0.1) is 11.5 Å². The maximum Gasteiger partial charge on any atom is 0.129 e. The quantitative estimate of drug-likeness (QED) is 0.461. The van der Waals surface area contributed by atoms with Gasteiger partial charge >= 0.3 is 0 Å². The average Bonchev–Trinajstić information content (AvgIpc) is 2.57. The first kappa shape index (κ1) is 14.5. The summed E-state index contributed by atoms with van der Waals surface area (Å²) >= 11 is 0. The molecule has 0 spiro atoms. The zero-order chi connectivity index (χ0) is 12.9. The summed E-state index contributed by atoms with van der Waals surface area (Å²) < 4.78 is 0. The molecule has 2 heteroatoms. The van der Waals surface area contributed by atoms with Crippen LogP contribution in [0.3, 0.4) is 0 Å². The Labute approximate surface area is 107 Å². The van der Waals surface area contributed by atoms with Crippen molar-refractivity contribution < 1.29 is 5.11 Å². The molecule has 3 atom stereocenters. The Morgan fingerprint density at radius 1 is 1.24 bits per heavy atom. The lowest BCUT2D eigenvalue weighted by atomic mass is 9.92. The van der Waals surface area contributed by atoms with E-state index in [0.717, 1.165) is 25.7 Å². The molecule has 0 amide bonds. The van der Waals surface area contributed by atoms with Crippen LogP contribution in [-0.4, -0.2) is 19.3 Å². The first-order valence-electron chi connectivity index (χ1n) is 6.80. The van der Waals surface area contributed by atoms with Gasteiger partial charge in [-0.05, 0) is 25.7 Å². The second-order valence-electron chi connectivity index (χ2n) is 6.05. The molecule has 1 fully saturated rings. The average molecular weight is 250 g/mol. The lowest BCUT2D eigenvalue weighted by Crippen LogP contribution is -2.20. The highest BCUT2D eigenvalue weighted by Gasteiger charge is 2.32. The predicted octanol–water partition coefficient (Wildman–Crippen LogP) is 3.61. The van der Waals surface area contributed by atoms with Crippen molar-refractivity contribution in [3.05, 3.63) is 12.2 Å². The van der Waals surface area contributed by atoms with Crippen molar-refractivity contribution in [2.75, 3.05) is 0 Å². The van der Waals surface area contributed by atoms with Gasteiger partial charge in [0.2, 0.25) is 0 Å². The molecule has 17 heavy (non-hydrogen) atoms. The number of aliphatic hydroxyl groups is 1. The zero-order valence-electron chi connectivity index (χ0n) is 11.7. The number of rotatable bonds is 3. The molecule has 0 aliphatic heterocycles. The topological polar surface area (TPSA) is 20.2 Å². The normalized spacial score (nSPS) is 29.4. The van der Waals surface area contributed by atoms with Crippen LogP contribution in [0.2, 0.25) is 19.6 Å². The van der Waals surface area contributed by atoms with Crippen molar-refractivity contribution >= 4 is 8.07 Å². The van der Waals surface area contributed by atoms with E-state index in [4.69, 9.17) is 0 Å². The molecule has 1 aliphatic rings. The van der Waals surface area contributed by atoms with Gasteiger partial charge in [0, 0.05) is 11.8 Å². The number of aliphatic hydroxyl groups excluding tert-OH is 1. The molecule has 1 aliphatic carbocycles. The summed E-state index contributed by atoms with van der Waals surface area (Å²) in [5.74, 6) is 4.22. The van der Waals surface area contributed by atoms with E-state index < -0.39 is 8.07 Å². The molecule has 0 heterocycles. The van der Waals surface area contributed by atoms with E-state index in [0.29, 0.717) is 11.8 Å². The highest BCUT2D eigenvalue weighted by Crippen LogP contribution is 2.34. The summed E-state index contributed by atoms with van der Waals surface area (Å²) in [5, 5.41) is 10.00. The van der Waals surface area contributed by atoms with Crippen LogP contribution in [0.5, 0.6) is 0 Å². The SMILES string of the molecule is CC/C=C\C[C@@H]1C(O)CC[C@@H]1C#C[Si](C)(C)C. The van der Waals surface area contributed by atoms with E-state index in [1.54, 1.807) is 0 Å². The fourth-order valence-electron chi connectivity index (χ4n) is 2.28. The summed E-state index contributed by atoms with van der Waals surface area (Å²) in [6.07, 6.45) is 8.32. The van der Waals surface area contributed by atoms with Crippen LogP contribution in [0.15, 0.2) is 12.2 Å². The Morgan fingerprint density at radius 2 is 1.94 bits per heavy atom. The van der Waals surface area contributed by atoms with Crippen LogP contribution < -0.4 is 0 Å². The molecule has 96 valence electrons. The Balaban J connectivity index is 2.63. The number of allylic oxidation sites excluding steroid dienone is 2. The summed E-state index contributed by atoms with van der Waals surface area (Å²) in [6, 6.07) is 0. The number of hydrogen-bond acceptors (Lipinski definition) is 1. The maximum atomic E-state index is 10.00. The first-order chi connectivity index (χ1) is 7.94. The van der Waals surface area contributed by atoms with Crippen molar-refractivity contribution in [3.63, 3.8) is 0 Å². The largest absolute Gasteiger partial charge is 0.393 e. The van der Waals surface area contributed by atoms with Crippen LogP contribution >= 0.6 is 0 Å². The highest BCUT2D eigenvalue weighted by atomic mass is 28.3. The van der Waals surface area contributed by atoms with Crippen LogP contribution in [0.4, 0.5) is 0 Å². The van der Waals surface area contributed by atoms with Crippen molar-refractivity contribution in [1.29, 1.82) is 0 Å². The van der Waals surface area contributed by atoms with E-state index >= 15 is 0 Å². The van der Waals surface area contributed by atoms with Gasteiger partial charge in [0.25, 0.3) is 0 Å². The van der Waals surface area contributed by atoms with Crippen LogP contribution in [-0.2, 0) is 0 Å². The van der Waals surface area contributed by atoms with Gasteiger partial charge in [-0.25, -0.2) is 0 Å². The molecule has 1 unspecified atom stereocenters. The third kappa shape index (κ3) is 5.10. The van der Waals surface area contributed by atoms with Crippen LogP contribution in [0.25, 0.3) is 0 Å². The third-order valence-corrected chi connectivity index (χ3v) is 4.12. The second kappa shape index (κ2) is 6.42. The van der Waals surface area contributed by atoms with E-state index in [1.165, 1.54) is 0 Å². The van der Waals surface area contributed by atoms with Crippen molar-refractivity contribution in [2.45, 2.75) is 58.4 Å². The van der Waals surface area contributed by atoms with Crippen molar-refractivity contribution in [2.24, 2.45) is 11.8 Å². The maximum absolute atomic E-state index is 10.00. The fourth-order valence-corrected chi connectivity index (χ4v) is 2.89. The fraction of sp³-hybridized carbons (Fsp3) is 0.733. The molecule has 1 N–H and O–H groups in total. The smallest absolute Gasteiger partial charge is 0.129 e. The minimum Gasteiger partial charge on any atom is -0.393 e. The Morgan fingerprint density at radius 3 is 2.53 bits per heavy atom. The van der Waals surface area contributed by atoms with E-state index in [9.17, 15) is 5.11 Å². The second-order valence-corrected chi connectivity index (χ2v) is 10.8. The Bertz CT molecular complexity index is 316. The number of hydrogen-bond donors (Lipinski definition) is 1. The molecule has 0 aromatic rings. The summed E-state index contributed by atoms with van der Waals surface area (Å²) in [7, 11) is -1.28. The first-order valence-corrected chi connectivity index (χ1v) is 10.3. The minimum absolute atomic E-state index is 0.141. The highest BCUT2D eigenvalue weighted by molar-refractivity contribution is 6.83. The molecule has 1 nitrogen and oxygen atoms in total. The third-order valence-electron chi connectivity index (χ3n) is 3.23. The van der Waals surface area contributed by atoms with Crippen LogP contribution in [0, 0.1) is 23.3 Å². The van der Waals surface area contributed by atoms with Gasteiger partial charge in [0.15, 0.2) is 0 Å². The van der Waals surface area contributed by atoms with Crippen molar-refractivity contribution in [3.8, 4) is 11.5 Å². The molecule has 1 saturated carbocycles. The Kier molecular flexibility index (Phi) is 5.49. The monoisotopic (exact) mass is 250 g/mol. The molecular formula is C15H26OSi. The molecule has 0 bridgehead atoms. The molecule has 0 aromatic carbocycles. The zero-order valence-corrected chi connectivity index (χ0v) is 12.7. The van der Waals surface area contributed by atoms with Gasteiger partial charge in [0.05, 0.1) is 6.10 Å². The van der Waals surface area contributed by atoms with Crippen molar-refractivity contribution in [1.82, 2.24) is 0 Å². The van der Waals surface area contributed by atoms with Gasteiger partial charge in [-0.3, -0.25) is 0 Å². The van der Waals surface area contributed by atoms with Gasteiger partial charge in [-0.2, -0.15) is 0 Å². The lowest BCUT2D eigenvalue weighted by molar-refractivity contribution is 0.126. The van der Waals surface area contributed by atoms with E-state index in [2.05, 4.69) is 50.2 Å². The van der Waals surface area contributed by atoms with Gasteiger partial charge < -0.3 is 5.11 Å². The Hall–Kier alpha value is -0.523. The summed E-state index contributed by atoms with van der Waals surface area (Å²) in [5.41, 5.74) is 3.46. The minimum atomic E-state index is -1.28.